The van der Waals surface area contributed by atoms with Crippen LogP contribution in [0.5, 0.6) is 0 Å². The Balaban J connectivity index is 2.29. The summed E-state index contributed by atoms with van der Waals surface area (Å²) < 4.78 is 0. The van der Waals surface area contributed by atoms with Gasteiger partial charge in [0.05, 0.1) is 11.3 Å². The van der Waals surface area contributed by atoms with Crippen molar-refractivity contribution in [2.75, 3.05) is 18.5 Å². The number of likely N-dealkylation sites (N-methyl/N-ethyl adjacent to an activating group) is 1. The quantitative estimate of drug-likeness (QED) is 0.843. The summed E-state index contributed by atoms with van der Waals surface area (Å²) in [4.78, 5) is 29.0. The molecule has 1 aromatic rings. The van der Waals surface area contributed by atoms with Gasteiger partial charge in [0.1, 0.15) is 11.9 Å². The topological polar surface area (TPSA) is 82.5 Å². The summed E-state index contributed by atoms with van der Waals surface area (Å²) in [7, 11) is 1.62. The molecular formula is C13H17N3O3. The zero-order valence-electron chi connectivity index (χ0n) is 11.0. The van der Waals surface area contributed by atoms with Crippen LogP contribution in [0.15, 0.2) is 12.1 Å². The van der Waals surface area contributed by atoms with Gasteiger partial charge in [-0.25, -0.2) is 9.78 Å². The number of nitrogens with one attached hydrogen (secondary N) is 1. The van der Waals surface area contributed by atoms with Crippen LogP contribution < -0.4 is 10.2 Å². The number of pyridine rings is 1. The van der Waals surface area contributed by atoms with Crippen molar-refractivity contribution in [3.8, 4) is 0 Å². The minimum atomic E-state index is -0.985. The van der Waals surface area contributed by atoms with E-state index in [0.717, 1.165) is 19.4 Å². The minimum absolute atomic E-state index is 0.0285. The molecule has 1 aromatic heterocycles. The summed E-state index contributed by atoms with van der Waals surface area (Å²) >= 11 is 0. The number of aryl methyl sites for hydroxylation is 1. The highest BCUT2D eigenvalue weighted by molar-refractivity contribution is 5.89. The molecule has 0 aliphatic carbocycles. The van der Waals surface area contributed by atoms with Crippen molar-refractivity contribution >= 4 is 17.7 Å². The van der Waals surface area contributed by atoms with E-state index in [9.17, 15) is 9.59 Å². The van der Waals surface area contributed by atoms with Crippen molar-refractivity contribution in [1.82, 2.24) is 10.3 Å². The highest BCUT2D eigenvalue weighted by Crippen LogP contribution is 2.25. The molecule has 1 aliphatic heterocycles. The van der Waals surface area contributed by atoms with E-state index >= 15 is 0 Å². The predicted molar refractivity (Wildman–Crippen MR) is 70.4 cm³/mol. The van der Waals surface area contributed by atoms with Crippen LogP contribution in [0.25, 0.3) is 0 Å². The molecule has 19 heavy (non-hydrogen) atoms. The molecule has 1 saturated heterocycles. The van der Waals surface area contributed by atoms with Gasteiger partial charge in [0, 0.05) is 13.6 Å². The summed E-state index contributed by atoms with van der Waals surface area (Å²) in [5.41, 5.74) is 0.659. The molecule has 0 radical (unpaired) electrons. The first-order valence-electron chi connectivity index (χ1n) is 6.23. The maximum Gasteiger partial charge on any atom is 0.337 e. The van der Waals surface area contributed by atoms with Gasteiger partial charge in [-0.1, -0.05) is 0 Å². The second kappa shape index (κ2) is 5.26. The standard InChI is InChI=1S/C13H17N3O3/c1-8-9(13(18)19)5-6-11(15-8)16-7-3-4-10(16)12(17)14-2/h5-6,10H,3-4,7H2,1-2H3,(H,14,17)(H,18,19). The molecule has 102 valence electrons. The maximum atomic E-state index is 11.8. The highest BCUT2D eigenvalue weighted by Gasteiger charge is 2.31. The lowest BCUT2D eigenvalue weighted by atomic mass is 10.2. The summed E-state index contributed by atoms with van der Waals surface area (Å²) in [6.07, 6.45) is 1.72. The van der Waals surface area contributed by atoms with E-state index in [4.69, 9.17) is 5.11 Å². The minimum Gasteiger partial charge on any atom is -0.478 e. The first kappa shape index (κ1) is 13.3. The number of amides is 1. The third kappa shape index (κ3) is 2.52. The number of rotatable bonds is 3. The Morgan fingerprint density at radius 3 is 2.79 bits per heavy atom. The molecule has 1 atom stereocenters. The third-order valence-corrected chi connectivity index (χ3v) is 3.40. The number of carbonyl (C=O) groups excluding carboxylic acids is 1. The second-order valence-electron chi connectivity index (χ2n) is 4.57. The third-order valence-electron chi connectivity index (χ3n) is 3.40. The van der Waals surface area contributed by atoms with Crippen LogP contribution in [-0.4, -0.2) is 41.6 Å². The number of aromatic carboxylic acids is 1. The van der Waals surface area contributed by atoms with Gasteiger partial charge in [-0.2, -0.15) is 0 Å². The lowest BCUT2D eigenvalue weighted by Gasteiger charge is -2.24. The molecular weight excluding hydrogens is 246 g/mol. The molecule has 1 amide bonds. The Morgan fingerprint density at radius 2 is 2.21 bits per heavy atom. The Hall–Kier alpha value is -2.11. The van der Waals surface area contributed by atoms with E-state index in [-0.39, 0.29) is 17.5 Å². The molecule has 1 fully saturated rings. The largest absolute Gasteiger partial charge is 0.478 e. The van der Waals surface area contributed by atoms with E-state index in [0.29, 0.717) is 11.5 Å². The zero-order chi connectivity index (χ0) is 14.0. The first-order valence-corrected chi connectivity index (χ1v) is 6.23. The fraction of sp³-hybridized carbons (Fsp3) is 0.462. The Labute approximate surface area is 111 Å². The smallest absolute Gasteiger partial charge is 0.337 e. The summed E-state index contributed by atoms with van der Waals surface area (Å²) in [6.45, 7) is 2.43. The molecule has 1 unspecified atom stereocenters. The van der Waals surface area contributed by atoms with Crippen molar-refractivity contribution in [1.29, 1.82) is 0 Å². The number of carboxylic acid groups (broad SMARTS) is 1. The fourth-order valence-electron chi connectivity index (χ4n) is 2.41. The van der Waals surface area contributed by atoms with Gasteiger partial charge in [-0.05, 0) is 31.9 Å². The highest BCUT2D eigenvalue weighted by atomic mass is 16.4. The molecule has 6 heteroatoms. The van der Waals surface area contributed by atoms with Crippen LogP contribution in [0, 0.1) is 6.92 Å². The van der Waals surface area contributed by atoms with Crippen molar-refractivity contribution in [3.05, 3.63) is 23.4 Å². The average Bonchev–Trinajstić information content (AvgIpc) is 2.86. The van der Waals surface area contributed by atoms with Crippen LogP contribution in [0.1, 0.15) is 28.9 Å². The van der Waals surface area contributed by atoms with Crippen LogP contribution in [0.2, 0.25) is 0 Å². The van der Waals surface area contributed by atoms with Gasteiger partial charge in [0.2, 0.25) is 5.91 Å². The van der Waals surface area contributed by atoms with E-state index in [1.165, 1.54) is 0 Å². The molecule has 6 nitrogen and oxygen atoms in total. The van der Waals surface area contributed by atoms with Crippen molar-refractivity contribution in [3.63, 3.8) is 0 Å². The van der Waals surface area contributed by atoms with Gasteiger partial charge in [0.25, 0.3) is 0 Å². The number of aromatic nitrogens is 1. The number of anilines is 1. The van der Waals surface area contributed by atoms with E-state index in [1.807, 2.05) is 4.90 Å². The lowest BCUT2D eigenvalue weighted by molar-refractivity contribution is -0.121. The summed E-state index contributed by atoms with van der Waals surface area (Å²) in [6, 6.07) is 2.99. The second-order valence-corrected chi connectivity index (χ2v) is 4.57. The number of nitrogens with zero attached hydrogens (tertiary/aromatic N) is 2. The van der Waals surface area contributed by atoms with Gasteiger partial charge < -0.3 is 15.3 Å². The van der Waals surface area contributed by atoms with Crippen LogP contribution in [0.3, 0.4) is 0 Å². The molecule has 0 aromatic carbocycles. The number of carboxylic acids is 1. The normalized spacial score (nSPS) is 18.4. The molecule has 2 rings (SSSR count). The predicted octanol–water partition coefficient (Wildman–Crippen LogP) is 0.803. The average molecular weight is 263 g/mol. The fourth-order valence-corrected chi connectivity index (χ4v) is 2.41. The first-order chi connectivity index (χ1) is 9.04. The van der Waals surface area contributed by atoms with E-state index in [1.54, 1.807) is 26.1 Å². The molecule has 1 aliphatic rings. The molecule has 0 bridgehead atoms. The van der Waals surface area contributed by atoms with Crippen LogP contribution >= 0.6 is 0 Å². The number of hydrogen-bond donors (Lipinski definition) is 2. The van der Waals surface area contributed by atoms with Gasteiger partial charge in [-0.15, -0.1) is 0 Å². The summed E-state index contributed by atoms with van der Waals surface area (Å²) in [5.74, 6) is -0.353. The Kier molecular flexibility index (Phi) is 3.69. The zero-order valence-corrected chi connectivity index (χ0v) is 11.0. The SMILES string of the molecule is CNC(=O)C1CCCN1c1ccc(C(=O)O)c(C)n1. The molecule has 2 N–H and O–H groups in total. The van der Waals surface area contributed by atoms with Crippen molar-refractivity contribution in [2.45, 2.75) is 25.8 Å². The Bertz CT molecular complexity index is 516. The monoisotopic (exact) mass is 263 g/mol. The molecule has 2 heterocycles. The van der Waals surface area contributed by atoms with E-state index in [2.05, 4.69) is 10.3 Å². The van der Waals surface area contributed by atoms with Crippen molar-refractivity contribution < 1.29 is 14.7 Å². The number of hydrogen-bond acceptors (Lipinski definition) is 4. The van der Waals surface area contributed by atoms with Gasteiger partial charge in [0.15, 0.2) is 0 Å². The number of carbonyl (C=O) groups is 2. The molecule has 0 saturated carbocycles. The summed E-state index contributed by atoms with van der Waals surface area (Å²) in [5, 5.41) is 11.6. The van der Waals surface area contributed by atoms with Gasteiger partial charge in [-0.3, -0.25) is 4.79 Å². The van der Waals surface area contributed by atoms with E-state index < -0.39 is 5.97 Å². The van der Waals surface area contributed by atoms with Crippen LogP contribution in [-0.2, 0) is 4.79 Å². The maximum absolute atomic E-state index is 11.8. The van der Waals surface area contributed by atoms with Crippen molar-refractivity contribution in [2.24, 2.45) is 0 Å². The molecule has 0 spiro atoms. The lowest BCUT2D eigenvalue weighted by Crippen LogP contribution is -2.42. The Morgan fingerprint density at radius 1 is 1.47 bits per heavy atom. The van der Waals surface area contributed by atoms with Gasteiger partial charge >= 0.3 is 5.97 Å². The van der Waals surface area contributed by atoms with Crippen LogP contribution in [0.4, 0.5) is 5.82 Å².